The van der Waals surface area contributed by atoms with Crippen molar-refractivity contribution in [3.05, 3.63) is 52.9 Å². The zero-order valence-corrected chi connectivity index (χ0v) is 15.8. The molecule has 0 spiro atoms. The van der Waals surface area contributed by atoms with Crippen molar-refractivity contribution in [3.63, 3.8) is 0 Å². The summed E-state index contributed by atoms with van der Waals surface area (Å²) in [4.78, 5) is 16.7. The summed E-state index contributed by atoms with van der Waals surface area (Å²) in [5.41, 5.74) is 3.63. The smallest absolute Gasteiger partial charge is 0.315 e. The van der Waals surface area contributed by atoms with Gasteiger partial charge in [0.05, 0.1) is 18.3 Å². The number of benzene rings is 1. The molecule has 0 aliphatic carbocycles. The van der Waals surface area contributed by atoms with Crippen LogP contribution in [-0.2, 0) is 25.9 Å². The van der Waals surface area contributed by atoms with Crippen molar-refractivity contribution < 1.29 is 14.1 Å². The number of hydrogen-bond acceptors (Lipinski definition) is 5. The Labute approximate surface area is 158 Å². The van der Waals surface area contributed by atoms with Crippen LogP contribution < -0.4 is 15.4 Å². The van der Waals surface area contributed by atoms with Gasteiger partial charge in [-0.2, -0.15) is 0 Å². The molecule has 0 bridgehead atoms. The Morgan fingerprint density at radius 3 is 2.67 bits per heavy atom. The summed E-state index contributed by atoms with van der Waals surface area (Å²) in [6.45, 7) is 4.78. The van der Waals surface area contributed by atoms with E-state index in [1.54, 1.807) is 7.11 Å². The molecule has 0 unspecified atom stereocenters. The van der Waals surface area contributed by atoms with Crippen molar-refractivity contribution in [3.8, 4) is 5.88 Å². The second-order valence-corrected chi connectivity index (χ2v) is 6.12. The molecule has 0 saturated heterocycles. The third-order valence-corrected chi connectivity index (χ3v) is 4.46. The number of carbonyl (C=O) groups excluding carboxylic acids is 1. The normalized spacial score (nSPS) is 10.8. The molecule has 2 N–H and O–H groups in total. The highest BCUT2D eigenvalue weighted by Gasteiger charge is 2.14. The maximum Gasteiger partial charge on any atom is 0.315 e. The molecule has 3 aromatic rings. The molecule has 0 saturated carbocycles. The topological polar surface area (TPSA) is 89.3 Å². The first kappa shape index (κ1) is 18.7. The quantitative estimate of drug-likeness (QED) is 0.667. The summed E-state index contributed by atoms with van der Waals surface area (Å²) in [6, 6.07) is 9.37. The minimum absolute atomic E-state index is 0.250. The van der Waals surface area contributed by atoms with E-state index in [0.29, 0.717) is 19.0 Å². The molecule has 0 radical (unpaired) electrons. The Morgan fingerprint density at radius 2 is 1.93 bits per heavy atom. The van der Waals surface area contributed by atoms with Gasteiger partial charge in [-0.15, -0.1) is 0 Å². The minimum atomic E-state index is -0.250. The van der Waals surface area contributed by atoms with Crippen LogP contribution in [0.3, 0.4) is 0 Å². The fourth-order valence-corrected chi connectivity index (χ4v) is 3.02. The summed E-state index contributed by atoms with van der Waals surface area (Å²) in [5, 5.41) is 10.8. The van der Waals surface area contributed by atoms with E-state index in [0.717, 1.165) is 46.3 Å². The molecule has 0 atom stereocenters. The number of amides is 2. The van der Waals surface area contributed by atoms with Crippen LogP contribution in [-0.4, -0.2) is 23.3 Å². The third-order valence-electron chi connectivity index (χ3n) is 4.46. The Bertz CT molecular complexity index is 915. The van der Waals surface area contributed by atoms with E-state index < -0.39 is 0 Å². The van der Waals surface area contributed by atoms with Gasteiger partial charge in [-0.3, -0.25) is 0 Å². The van der Waals surface area contributed by atoms with Crippen LogP contribution in [0.4, 0.5) is 4.79 Å². The molecule has 3 rings (SSSR count). The van der Waals surface area contributed by atoms with Crippen LogP contribution in [0.5, 0.6) is 5.88 Å². The Balaban J connectivity index is 1.66. The summed E-state index contributed by atoms with van der Waals surface area (Å²) >= 11 is 0. The lowest BCUT2D eigenvalue weighted by Gasteiger charge is -2.11. The Morgan fingerprint density at radius 1 is 1.15 bits per heavy atom. The number of nitrogens with zero attached hydrogens (tertiary/aromatic N) is 2. The molecule has 7 heteroatoms. The number of aromatic nitrogens is 2. The number of ether oxygens (including phenoxy) is 1. The first-order valence-corrected chi connectivity index (χ1v) is 9.06. The van der Waals surface area contributed by atoms with Gasteiger partial charge in [0.25, 0.3) is 0 Å². The van der Waals surface area contributed by atoms with E-state index in [-0.39, 0.29) is 6.03 Å². The zero-order valence-electron chi connectivity index (χ0n) is 15.8. The Kier molecular flexibility index (Phi) is 5.90. The minimum Gasteiger partial charge on any atom is -0.481 e. The van der Waals surface area contributed by atoms with Gasteiger partial charge < -0.3 is 19.9 Å². The van der Waals surface area contributed by atoms with Gasteiger partial charge in [0.1, 0.15) is 5.76 Å². The average Bonchev–Trinajstić information content (AvgIpc) is 3.12. The predicted octanol–water partition coefficient (Wildman–Crippen LogP) is 3.36. The van der Waals surface area contributed by atoms with Gasteiger partial charge >= 0.3 is 6.03 Å². The number of rotatable bonds is 7. The highest BCUT2D eigenvalue weighted by atomic mass is 16.5. The molecule has 27 heavy (non-hydrogen) atoms. The first-order chi connectivity index (χ1) is 13.2. The van der Waals surface area contributed by atoms with Crippen LogP contribution in [0.1, 0.15) is 36.4 Å². The Hall–Kier alpha value is -3.09. The number of aryl methyl sites for hydroxylation is 2. The molecule has 0 aliphatic heterocycles. The van der Waals surface area contributed by atoms with Gasteiger partial charge in [-0.25, -0.2) is 9.78 Å². The molecule has 142 valence electrons. The maximum atomic E-state index is 12.3. The average molecular weight is 368 g/mol. The molecule has 1 aromatic carbocycles. The number of carbonyl (C=O) groups is 1. The highest BCUT2D eigenvalue weighted by Crippen LogP contribution is 2.21. The van der Waals surface area contributed by atoms with E-state index in [1.165, 1.54) is 0 Å². The van der Waals surface area contributed by atoms with E-state index >= 15 is 0 Å². The standard InChI is InChI=1S/C20H24N4O3/c1-4-16-15(18(5-2)27-24-16)12-22-20(25)21-11-13-10-19(26-3)23-17-9-7-6-8-14(13)17/h6-10H,4-5,11-12H2,1-3H3,(H2,21,22,25). The van der Waals surface area contributed by atoms with Gasteiger partial charge in [-0.1, -0.05) is 37.2 Å². The lowest BCUT2D eigenvalue weighted by Crippen LogP contribution is -2.35. The fraction of sp³-hybridized carbons (Fsp3) is 0.350. The summed E-state index contributed by atoms with van der Waals surface area (Å²) < 4.78 is 10.6. The number of urea groups is 1. The van der Waals surface area contributed by atoms with Crippen molar-refractivity contribution in [1.29, 1.82) is 0 Å². The van der Waals surface area contributed by atoms with Gasteiger partial charge in [0.2, 0.25) is 5.88 Å². The van der Waals surface area contributed by atoms with Crippen LogP contribution in [0.2, 0.25) is 0 Å². The first-order valence-electron chi connectivity index (χ1n) is 9.06. The monoisotopic (exact) mass is 368 g/mol. The van der Waals surface area contributed by atoms with Crippen LogP contribution in [0.15, 0.2) is 34.9 Å². The fourth-order valence-electron chi connectivity index (χ4n) is 3.02. The van der Waals surface area contributed by atoms with Gasteiger partial charge in [0, 0.05) is 36.5 Å². The number of para-hydroxylation sites is 1. The second-order valence-electron chi connectivity index (χ2n) is 6.12. The molecular formula is C20H24N4O3. The molecule has 0 aliphatic rings. The summed E-state index contributed by atoms with van der Waals surface area (Å²) in [7, 11) is 1.58. The van der Waals surface area contributed by atoms with Crippen molar-refractivity contribution in [2.45, 2.75) is 39.8 Å². The molecule has 7 nitrogen and oxygen atoms in total. The predicted molar refractivity (Wildman–Crippen MR) is 103 cm³/mol. The molecule has 2 aromatic heterocycles. The number of pyridine rings is 1. The summed E-state index contributed by atoms with van der Waals surface area (Å²) in [6.07, 6.45) is 1.51. The largest absolute Gasteiger partial charge is 0.481 e. The van der Waals surface area contributed by atoms with E-state index in [1.807, 2.05) is 44.2 Å². The van der Waals surface area contributed by atoms with Crippen molar-refractivity contribution in [1.82, 2.24) is 20.8 Å². The SMILES string of the molecule is CCc1noc(CC)c1CNC(=O)NCc1cc(OC)nc2ccccc12. The number of methoxy groups -OCH3 is 1. The molecule has 2 amide bonds. The molecule has 0 fully saturated rings. The van der Waals surface area contributed by atoms with E-state index in [4.69, 9.17) is 9.26 Å². The van der Waals surface area contributed by atoms with Crippen LogP contribution >= 0.6 is 0 Å². The zero-order chi connectivity index (χ0) is 19.2. The lowest BCUT2D eigenvalue weighted by molar-refractivity contribution is 0.240. The number of fused-ring (bicyclic) bond motifs is 1. The van der Waals surface area contributed by atoms with Gasteiger partial charge in [0.15, 0.2) is 0 Å². The number of nitrogens with one attached hydrogen (secondary N) is 2. The van der Waals surface area contributed by atoms with Crippen LogP contribution in [0, 0.1) is 0 Å². The van der Waals surface area contributed by atoms with Crippen molar-refractivity contribution in [2.75, 3.05) is 7.11 Å². The van der Waals surface area contributed by atoms with Gasteiger partial charge in [-0.05, 0) is 18.1 Å². The summed E-state index contributed by atoms with van der Waals surface area (Å²) in [5.74, 6) is 1.34. The van der Waals surface area contributed by atoms with Crippen molar-refractivity contribution in [2.24, 2.45) is 0 Å². The van der Waals surface area contributed by atoms with E-state index in [2.05, 4.69) is 20.8 Å². The number of hydrogen-bond donors (Lipinski definition) is 2. The maximum absolute atomic E-state index is 12.3. The molecule has 2 heterocycles. The van der Waals surface area contributed by atoms with Crippen LogP contribution in [0.25, 0.3) is 10.9 Å². The van der Waals surface area contributed by atoms with Crippen molar-refractivity contribution >= 4 is 16.9 Å². The lowest BCUT2D eigenvalue weighted by atomic mass is 10.1. The highest BCUT2D eigenvalue weighted by molar-refractivity contribution is 5.83. The van der Waals surface area contributed by atoms with E-state index in [9.17, 15) is 4.79 Å². The second kappa shape index (κ2) is 8.53. The molecular weight excluding hydrogens is 344 g/mol. The third kappa shape index (κ3) is 4.19.